The Kier molecular flexibility index (Phi) is 4.97. The van der Waals surface area contributed by atoms with E-state index >= 15 is 0 Å². The van der Waals surface area contributed by atoms with Gasteiger partial charge in [0.1, 0.15) is 0 Å². The molecule has 1 heterocycles. The third kappa shape index (κ3) is 3.73. The van der Waals surface area contributed by atoms with E-state index in [4.69, 9.17) is 4.74 Å². The molecule has 0 unspecified atom stereocenters. The molecule has 0 amide bonds. The van der Waals surface area contributed by atoms with Crippen LogP contribution >= 0.6 is 0 Å². The number of hydrogen-bond donors (Lipinski definition) is 0. The lowest BCUT2D eigenvalue weighted by Crippen LogP contribution is -2.01. The lowest BCUT2D eigenvalue weighted by Gasteiger charge is -2.05. The normalized spacial score (nSPS) is 10.1. The van der Waals surface area contributed by atoms with Crippen LogP contribution in [0.5, 0.6) is 5.88 Å². The first-order valence-electron chi connectivity index (χ1n) is 5.25. The molecule has 0 aromatic carbocycles. The molecular weight excluding hydrogens is 176 g/mol. The highest BCUT2D eigenvalue weighted by Crippen LogP contribution is 2.10. The van der Waals surface area contributed by atoms with Crippen LogP contribution in [0.2, 0.25) is 0 Å². The number of ether oxygens (including phenoxy) is 1. The Hall–Kier alpha value is -1.12. The Labute approximate surface area is 85.5 Å². The zero-order chi connectivity index (χ0) is 10.2. The van der Waals surface area contributed by atoms with E-state index < -0.39 is 0 Å². The summed E-state index contributed by atoms with van der Waals surface area (Å²) in [6.45, 7) is 4.86. The van der Waals surface area contributed by atoms with Crippen molar-refractivity contribution in [3.8, 4) is 5.88 Å². The van der Waals surface area contributed by atoms with Gasteiger partial charge in [0.15, 0.2) is 0 Å². The van der Waals surface area contributed by atoms with Gasteiger partial charge < -0.3 is 4.74 Å². The van der Waals surface area contributed by atoms with Crippen molar-refractivity contribution in [2.45, 2.75) is 39.5 Å². The molecule has 0 saturated carbocycles. The molecule has 0 saturated heterocycles. The summed E-state index contributed by atoms with van der Waals surface area (Å²) < 4.78 is 5.51. The first kappa shape index (κ1) is 11.0. The van der Waals surface area contributed by atoms with Gasteiger partial charge in [0.25, 0.3) is 0 Å². The van der Waals surface area contributed by atoms with Gasteiger partial charge in [-0.3, -0.25) is 4.98 Å². The molecule has 0 spiro atoms. The molecule has 3 heteroatoms. The van der Waals surface area contributed by atoms with Gasteiger partial charge in [-0.05, 0) is 13.3 Å². The fourth-order valence-corrected chi connectivity index (χ4v) is 1.23. The molecule has 1 rings (SSSR count). The van der Waals surface area contributed by atoms with Gasteiger partial charge in [-0.25, -0.2) is 4.98 Å². The molecule has 78 valence electrons. The van der Waals surface area contributed by atoms with Crippen LogP contribution in [0, 0.1) is 6.92 Å². The Morgan fingerprint density at radius 3 is 2.64 bits per heavy atom. The fraction of sp³-hybridized carbons (Fsp3) is 0.636. The van der Waals surface area contributed by atoms with Crippen molar-refractivity contribution in [3.05, 3.63) is 18.1 Å². The Morgan fingerprint density at radius 1 is 1.14 bits per heavy atom. The average molecular weight is 194 g/mol. The van der Waals surface area contributed by atoms with Crippen LogP contribution < -0.4 is 4.74 Å². The van der Waals surface area contributed by atoms with Crippen molar-refractivity contribution in [1.29, 1.82) is 0 Å². The third-order valence-corrected chi connectivity index (χ3v) is 2.07. The summed E-state index contributed by atoms with van der Waals surface area (Å²) in [7, 11) is 0. The van der Waals surface area contributed by atoms with E-state index in [1.807, 2.05) is 6.92 Å². The van der Waals surface area contributed by atoms with Crippen molar-refractivity contribution in [2.75, 3.05) is 6.61 Å². The summed E-state index contributed by atoms with van der Waals surface area (Å²) >= 11 is 0. The number of rotatable bonds is 6. The number of unbranched alkanes of at least 4 members (excludes halogenated alkanes) is 3. The van der Waals surface area contributed by atoms with E-state index in [1.165, 1.54) is 19.3 Å². The average Bonchev–Trinajstić information content (AvgIpc) is 2.20. The predicted octanol–water partition coefficient (Wildman–Crippen LogP) is 2.74. The van der Waals surface area contributed by atoms with Crippen LogP contribution in [0.25, 0.3) is 0 Å². The van der Waals surface area contributed by atoms with Crippen LogP contribution in [-0.2, 0) is 0 Å². The largest absolute Gasteiger partial charge is 0.476 e. The lowest BCUT2D eigenvalue weighted by molar-refractivity contribution is 0.290. The van der Waals surface area contributed by atoms with Crippen molar-refractivity contribution < 1.29 is 4.74 Å². The number of aromatic nitrogens is 2. The maximum absolute atomic E-state index is 5.51. The molecule has 1 aromatic rings. The number of hydrogen-bond acceptors (Lipinski definition) is 3. The van der Waals surface area contributed by atoms with Crippen LogP contribution in [0.15, 0.2) is 12.4 Å². The van der Waals surface area contributed by atoms with Gasteiger partial charge >= 0.3 is 0 Å². The molecule has 0 radical (unpaired) electrons. The maximum Gasteiger partial charge on any atom is 0.235 e. The van der Waals surface area contributed by atoms with Crippen LogP contribution in [0.1, 0.15) is 38.3 Å². The quantitative estimate of drug-likeness (QED) is 0.653. The van der Waals surface area contributed by atoms with Crippen molar-refractivity contribution >= 4 is 0 Å². The van der Waals surface area contributed by atoms with E-state index in [0.717, 1.165) is 18.7 Å². The second-order valence-electron chi connectivity index (χ2n) is 3.36. The fourth-order valence-electron chi connectivity index (χ4n) is 1.23. The number of nitrogens with zero attached hydrogens (tertiary/aromatic N) is 2. The first-order chi connectivity index (χ1) is 6.84. The molecule has 0 bridgehead atoms. The highest BCUT2D eigenvalue weighted by atomic mass is 16.5. The maximum atomic E-state index is 5.51. The molecule has 14 heavy (non-hydrogen) atoms. The minimum atomic E-state index is 0.670. The molecule has 1 aromatic heterocycles. The van der Waals surface area contributed by atoms with Crippen LogP contribution in [0.3, 0.4) is 0 Å². The van der Waals surface area contributed by atoms with Crippen molar-refractivity contribution in [1.82, 2.24) is 9.97 Å². The smallest absolute Gasteiger partial charge is 0.235 e. The summed E-state index contributed by atoms with van der Waals surface area (Å²) in [6.07, 6.45) is 8.21. The van der Waals surface area contributed by atoms with E-state index in [1.54, 1.807) is 12.4 Å². The summed E-state index contributed by atoms with van der Waals surface area (Å²) in [5, 5.41) is 0. The van der Waals surface area contributed by atoms with E-state index in [-0.39, 0.29) is 0 Å². The van der Waals surface area contributed by atoms with Crippen LogP contribution in [-0.4, -0.2) is 16.6 Å². The zero-order valence-electron chi connectivity index (χ0n) is 8.99. The van der Waals surface area contributed by atoms with Gasteiger partial charge in [0.2, 0.25) is 5.88 Å². The predicted molar refractivity (Wildman–Crippen MR) is 56.4 cm³/mol. The molecule has 0 aliphatic heterocycles. The minimum Gasteiger partial charge on any atom is -0.476 e. The van der Waals surface area contributed by atoms with Crippen molar-refractivity contribution in [2.24, 2.45) is 0 Å². The highest BCUT2D eigenvalue weighted by Gasteiger charge is 1.99. The molecular formula is C11H18N2O. The van der Waals surface area contributed by atoms with E-state index in [0.29, 0.717) is 5.88 Å². The van der Waals surface area contributed by atoms with E-state index in [9.17, 15) is 0 Å². The van der Waals surface area contributed by atoms with E-state index in [2.05, 4.69) is 16.9 Å². The topological polar surface area (TPSA) is 35.0 Å². The molecule has 0 N–H and O–H groups in total. The summed E-state index contributed by atoms with van der Waals surface area (Å²) in [5.74, 6) is 0.670. The zero-order valence-corrected chi connectivity index (χ0v) is 8.99. The van der Waals surface area contributed by atoms with Crippen molar-refractivity contribution in [3.63, 3.8) is 0 Å². The Morgan fingerprint density at radius 2 is 1.93 bits per heavy atom. The Bertz CT molecular complexity index is 263. The second-order valence-corrected chi connectivity index (χ2v) is 3.36. The number of aryl methyl sites for hydroxylation is 1. The van der Waals surface area contributed by atoms with Gasteiger partial charge in [0.05, 0.1) is 12.3 Å². The Balaban J connectivity index is 2.21. The van der Waals surface area contributed by atoms with Crippen LogP contribution in [0.4, 0.5) is 0 Å². The molecule has 0 atom stereocenters. The third-order valence-electron chi connectivity index (χ3n) is 2.07. The van der Waals surface area contributed by atoms with Gasteiger partial charge in [-0.15, -0.1) is 0 Å². The molecule has 3 nitrogen and oxygen atoms in total. The highest BCUT2D eigenvalue weighted by molar-refractivity contribution is 5.14. The van der Waals surface area contributed by atoms with Gasteiger partial charge in [0, 0.05) is 12.4 Å². The second kappa shape index (κ2) is 6.35. The first-order valence-corrected chi connectivity index (χ1v) is 5.25. The summed E-state index contributed by atoms with van der Waals surface area (Å²) in [5.41, 5.74) is 0.864. The summed E-state index contributed by atoms with van der Waals surface area (Å²) in [6, 6.07) is 0. The standard InChI is InChI=1S/C11H18N2O/c1-3-4-5-6-9-14-11-10(2)12-7-8-13-11/h7-8H,3-6,9H2,1-2H3. The molecule has 0 aliphatic carbocycles. The summed E-state index contributed by atoms with van der Waals surface area (Å²) in [4.78, 5) is 8.22. The monoisotopic (exact) mass is 194 g/mol. The SMILES string of the molecule is CCCCCCOc1nccnc1C. The van der Waals surface area contributed by atoms with Gasteiger partial charge in [-0.1, -0.05) is 26.2 Å². The minimum absolute atomic E-state index is 0.670. The molecule has 0 fully saturated rings. The van der Waals surface area contributed by atoms with Gasteiger partial charge in [-0.2, -0.15) is 0 Å². The molecule has 0 aliphatic rings. The lowest BCUT2D eigenvalue weighted by atomic mass is 10.2.